The second kappa shape index (κ2) is 3.97. The molecule has 0 aromatic carbocycles. The molecule has 0 N–H and O–H groups in total. The number of hydrogen-bond donors (Lipinski definition) is 0. The summed E-state index contributed by atoms with van der Waals surface area (Å²) in [6, 6.07) is 0.615. The van der Waals surface area contributed by atoms with E-state index in [1.54, 1.807) is 0 Å². The summed E-state index contributed by atoms with van der Waals surface area (Å²) in [4.78, 5) is 2.57. The molecule has 0 amide bonds. The zero-order valence-electron chi connectivity index (χ0n) is 10.2. The van der Waals surface area contributed by atoms with Crippen LogP contribution >= 0.6 is 0 Å². The summed E-state index contributed by atoms with van der Waals surface area (Å²) >= 11 is 0. The summed E-state index contributed by atoms with van der Waals surface area (Å²) in [6.07, 6.45) is 2.62. The van der Waals surface area contributed by atoms with E-state index in [2.05, 4.69) is 30.8 Å². The van der Waals surface area contributed by atoms with Crippen LogP contribution in [0.3, 0.4) is 0 Å². The minimum atomic E-state index is 0.615. The zero-order chi connectivity index (χ0) is 11.0. The summed E-state index contributed by atoms with van der Waals surface area (Å²) in [5, 5.41) is 4.51. The zero-order valence-corrected chi connectivity index (χ0v) is 10.2. The number of nitrogens with zero attached hydrogens (tertiary/aromatic N) is 3. The second-order valence-corrected chi connectivity index (χ2v) is 4.49. The maximum Gasteiger partial charge on any atom is 0.0644 e. The van der Waals surface area contributed by atoms with E-state index in [1.807, 2.05) is 11.7 Å². The van der Waals surface area contributed by atoms with Gasteiger partial charge in [-0.1, -0.05) is 6.92 Å². The fourth-order valence-corrected chi connectivity index (χ4v) is 2.80. The van der Waals surface area contributed by atoms with Crippen LogP contribution in [0.4, 0.5) is 0 Å². The normalized spacial score (nSPS) is 22.5. The van der Waals surface area contributed by atoms with Crippen molar-refractivity contribution in [1.29, 1.82) is 0 Å². The summed E-state index contributed by atoms with van der Waals surface area (Å²) in [5.74, 6) is 0. The van der Waals surface area contributed by atoms with Crippen molar-refractivity contribution in [2.45, 2.75) is 39.7 Å². The van der Waals surface area contributed by atoms with E-state index >= 15 is 0 Å². The minimum absolute atomic E-state index is 0.615. The van der Waals surface area contributed by atoms with Gasteiger partial charge < -0.3 is 0 Å². The van der Waals surface area contributed by atoms with Crippen LogP contribution in [0.25, 0.3) is 0 Å². The Morgan fingerprint density at radius 2 is 2.13 bits per heavy atom. The molecule has 0 aliphatic carbocycles. The van der Waals surface area contributed by atoms with Gasteiger partial charge in [-0.25, -0.2) is 0 Å². The number of aromatic nitrogens is 2. The lowest BCUT2D eigenvalue weighted by Crippen LogP contribution is -2.23. The third-order valence-corrected chi connectivity index (χ3v) is 3.67. The molecule has 0 radical (unpaired) electrons. The molecule has 1 unspecified atom stereocenters. The van der Waals surface area contributed by atoms with E-state index in [4.69, 9.17) is 0 Å². The van der Waals surface area contributed by atoms with Crippen molar-refractivity contribution in [2.75, 3.05) is 13.1 Å². The Morgan fingerprint density at radius 3 is 2.67 bits per heavy atom. The molecular weight excluding hydrogens is 186 g/mol. The third kappa shape index (κ3) is 1.69. The molecule has 2 rings (SSSR count). The third-order valence-electron chi connectivity index (χ3n) is 3.67. The summed E-state index contributed by atoms with van der Waals surface area (Å²) in [7, 11) is 2.04. The van der Waals surface area contributed by atoms with Crippen LogP contribution in [0.15, 0.2) is 0 Å². The topological polar surface area (TPSA) is 21.1 Å². The van der Waals surface area contributed by atoms with Gasteiger partial charge in [-0.05, 0) is 39.8 Å². The van der Waals surface area contributed by atoms with Crippen LogP contribution in [0, 0.1) is 13.8 Å². The molecule has 1 aromatic rings. The quantitative estimate of drug-likeness (QED) is 0.741. The predicted octanol–water partition coefficient (Wildman–Crippen LogP) is 2.19. The Kier molecular flexibility index (Phi) is 2.83. The molecule has 1 saturated heterocycles. The van der Waals surface area contributed by atoms with Gasteiger partial charge in [0.25, 0.3) is 0 Å². The van der Waals surface area contributed by atoms with Crippen molar-refractivity contribution in [3.63, 3.8) is 0 Å². The summed E-state index contributed by atoms with van der Waals surface area (Å²) < 4.78 is 2.01. The highest BCUT2D eigenvalue weighted by molar-refractivity contribution is 5.28. The maximum atomic E-state index is 4.51. The van der Waals surface area contributed by atoms with Crippen molar-refractivity contribution in [3.05, 3.63) is 17.0 Å². The lowest BCUT2D eigenvalue weighted by Gasteiger charge is -2.23. The van der Waals surface area contributed by atoms with Crippen LogP contribution in [0.5, 0.6) is 0 Å². The molecule has 1 aromatic heterocycles. The lowest BCUT2D eigenvalue weighted by molar-refractivity contribution is 0.270. The highest BCUT2D eigenvalue weighted by Gasteiger charge is 2.28. The monoisotopic (exact) mass is 207 g/mol. The van der Waals surface area contributed by atoms with Gasteiger partial charge in [-0.3, -0.25) is 9.58 Å². The molecule has 1 aliphatic rings. The van der Waals surface area contributed by atoms with Crippen molar-refractivity contribution in [3.8, 4) is 0 Å². The van der Waals surface area contributed by atoms with E-state index in [0.717, 1.165) is 6.54 Å². The lowest BCUT2D eigenvalue weighted by atomic mass is 10.0. The van der Waals surface area contributed by atoms with Gasteiger partial charge in [0.2, 0.25) is 0 Å². The molecule has 2 heterocycles. The van der Waals surface area contributed by atoms with Crippen molar-refractivity contribution >= 4 is 0 Å². The van der Waals surface area contributed by atoms with Crippen LogP contribution in [0.2, 0.25) is 0 Å². The van der Waals surface area contributed by atoms with E-state index in [9.17, 15) is 0 Å². The van der Waals surface area contributed by atoms with Gasteiger partial charge >= 0.3 is 0 Å². The molecule has 1 fully saturated rings. The summed E-state index contributed by atoms with van der Waals surface area (Å²) in [5.41, 5.74) is 4.01. The van der Waals surface area contributed by atoms with Gasteiger partial charge in [-0.2, -0.15) is 5.10 Å². The van der Waals surface area contributed by atoms with Gasteiger partial charge in [0.05, 0.1) is 5.69 Å². The number of aryl methyl sites for hydroxylation is 2. The predicted molar refractivity (Wildman–Crippen MR) is 61.9 cm³/mol. The summed E-state index contributed by atoms with van der Waals surface area (Å²) in [6.45, 7) is 8.96. The highest BCUT2D eigenvalue weighted by atomic mass is 15.3. The largest absolute Gasteiger partial charge is 0.296 e. The molecule has 1 atom stereocenters. The Morgan fingerprint density at radius 1 is 1.40 bits per heavy atom. The fraction of sp³-hybridized carbons (Fsp3) is 0.750. The first-order valence-electron chi connectivity index (χ1n) is 5.89. The Hall–Kier alpha value is -0.830. The SMILES string of the molecule is CCN1CCCC1c1c(C)nn(C)c1C. The average Bonchev–Trinajstić information content (AvgIpc) is 2.73. The molecule has 3 nitrogen and oxygen atoms in total. The Balaban J connectivity index is 2.36. The molecular formula is C12H21N3. The van der Waals surface area contributed by atoms with Crippen molar-refractivity contribution < 1.29 is 0 Å². The van der Waals surface area contributed by atoms with Crippen LogP contribution in [-0.2, 0) is 7.05 Å². The number of likely N-dealkylation sites (tertiary alicyclic amines) is 1. The van der Waals surface area contributed by atoms with Gasteiger partial charge in [0.15, 0.2) is 0 Å². The van der Waals surface area contributed by atoms with Gasteiger partial charge in [0, 0.05) is 24.3 Å². The molecule has 15 heavy (non-hydrogen) atoms. The van der Waals surface area contributed by atoms with Crippen LogP contribution in [0.1, 0.15) is 42.8 Å². The van der Waals surface area contributed by atoms with Gasteiger partial charge in [0.1, 0.15) is 0 Å². The first-order chi connectivity index (χ1) is 7.15. The molecule has 84 valence electrons. The molecule has 0 bridgehead atoms. The smallest absolute Gasteiger partial charge is 0.0644 e. The van der Waals surface area contributed by atoms with Crippen molar-refractivity contribution in [1.82, 2.24) is 14.7 Å². The van der Waals surface area contributed by atoms with E-state index in [1.165, 1.54) is 36.3 Å². The first-order valence-corrected chi connectivity index (χ1v) is 5.89. The molecule has 0 spiro atoms. The Labute approximate surface area is 92.1 Å². The number of hydrogen-bond acceptors (Lipinski definition) is 2. The Bertz CT molecular complexity index is 354. The number of rotatable bonds is 2. The van der Waals surface area contributed by atoms with E-state index < -0.39 is 0 Å². The van der Waals surface area contributed by atoms with Crippen molar-refractivity contribution in [2.24, 2.45) is 7.05 Å². The first kappa shape index (κ1) is 10.7. The second-order valence-electron chi connectivity index (χ2n) is 4.49. The fourth-order valence-electron chi connectivity index (χ4n) is 2.80. The van der Waals surface area contributed by atoms with E-state index in [-0.39, 0.29) is 0 Å². The molecule has 1 aliphatic heterocycles. The molecule has 0 saturated carbocycles. The standard InChI is InChI=1S/C12H21N3/c1-5-15-8-6-7-11(15)12-9(2)13-14(4)10(12)3/h11H,5-8H2,1-4H3. The van der Waals surface area contributed by atoms with E-state index in [0.29, 0.717) is 6.04 Å². The highest BCUT2D eigenvalue weighted by Crippen LogP contribution is 2.34. The van der Waals surface area contributed by atoms with Gasteiger partial charge in [-0.15, -0.1) is 0 Å². The maximum absolute atomic E-state index is 4.51. The minimum Gasteiger partial charge on any atom is -0.296 e. The van der Waals surface area contributed by atoms with Crippen LogP contribution < -0.4 is 0 Å². The average molecular weight is 207 g/mol. The van der Waals surface area contributed by atoms with Crippen LogP contribution in [-0.4, -0.2) is 27.8 Å². The molecule has 3 heteroatoms.